The number of carbonyl (C=O) groups is 1. The Morgan fingerprint density at radius 2 is 1.90 bits per heavy atom. The largest absolute Gasteiger partial charge is 0.330 e. The van der Waals surface area contributed by atoms with E-state index in [0.717, 1.165) is 29.7 Å². The fourth-order valence-electron chi connectivity index (χ4n) is 3.11. The summed E-state index contributed by atoms with van der Waals surface area (Å²) < 4.78 is 0. The molecule has 2 aromatic carbocycles. The number of amides is 1. The molecule has 0 radical (unpaired) electrons. The van der Waals surface area contributed by atoms with E-state index in [0.29, 0.717) is 6.54 Å². The normalized spacial score (nSPS) is 16.9. The minimum absolute atomic E-state index is 0.0801. The molecule has 1 aliphatic heterocycles. The summed E-state index contributed by atoms with van der Waals surface area (Å²) in [4.78, 5) is 14.9. The summed E-state index contributed by atoms with van der Waals surface area (Å²) in [5.41, 5.74) is 9.75. The van der Waals surface area contributed by atoms with Crippen molar-refractivity contribution in [3.8, 4) is 0 Å². The molecule has 3 rings (SSSR count). The van der Waals surface area contributed by atoms with E-state index in [1.807, 2.05) is 47.4 Å². The molecule has 1 amide bonds. The van der Waals surface area contributed by atoms with Crippen molar-refractivity contribution in [2.24, 2.45) is 5.73 Å². The highest BCUT2D eigenvalue weighted by Crippen LogP contribution is 2.33. The van der Waals surface area contributed by atoms with Gasteiger partial charge in [0, 0.05) is 17.3 Å². The second kappa shape index (κ2) is 5.70. The molecular formula is C18H20N2O. The molecule has 2 aromatic rings. The van der Waals surface area contributed by atoms with Crippen LogP contribution in [-0.2, 0) is 12.8 Å². The highest BCUT2D eigenvalue weighted by molar-refractivity contribution is 6.08. The third-order valence-electron chi connectivity index (χ3n) is 4.09. The molecular weight excluding hydrogens is 260 g/mol. The Kier molecular flexibility index (Phi) is 3.76. The topological polar surface area (TPSA) is 46.3 Å². The van der Waals surface area contributed by atoms with Crippen LogP contribution in [0.4, 0.5) is 5.69 Å². The average molecular weight is 280 g/mol. The minimum Gasteiger partial charge on any atom is -0.330 e. The van der Waals surface area contributed by atoms with E-state index in [-0.39, 0.29) is 11.9 Å². The first-order valence-electron chi connectivity index (χ1n) is 7.42. The lowest BCUT2D eigenvalue weighted by Gasteiger charge is -2.24. The Morgan fingerprint density at radius 1 is 1.19 bits per heavy atom. The second-order valence-corrected chi connectivity index (χ2v) is 5.55. The molecule has 2 N–H and O–H groups in total. The summed E-state index contributed by atoms with van der Waals surface area (Å²) >= 11 is 0. The van der Waals surface area contributed by atoms with Crippen LogP contribution in [0.3, 0.4) is 0 Å². The lowest BCUT2D eigenvalue weighted by Crippen LogP contribution is -2.36. The maximum atomic E-state index is 13.0. The van der Waals surface area contributed by atoms with Crippen LogP contribution in [0, 0.1) is 0 Å². The number of hydrogen-bond acceptors (Lipinski definition) is 2. The predicted molar refractivity (Wildman–Crippen MR) is 85.6 cm³/mol. The molecule has 1 atom stereocenters. The number of benzene rings is 2. The van der Waals surface area contributed by atoms with Gasteiger partial charge in [-0.2, -0.15) is 0 Å². The number of anilines is 1. The third-order valence-corrected chi connectivity index (χ3v) is 4.09. The van der Waals surface area contributed by atoms with Gasteiger partial charge in [0.05, 0.1) is 0 Å². The van der Waals surface area contributed by atoms with Gasteiger partial charge in [-0.25, -0.2) is 0 Å². The highest BCUT2D eigenvalue weighted by Gasteiger charge is 2.31. The number of para-hydroxylation sites is 1. The number of hydrogen-bond donors (Lipinski definition) is 1. The van der Waals surface area contributed by atoms with Crippen LogP contribution < -0.4 is 10.6 Å². The predicted octanol–water partition coefficient (Wildman–Crippen LogP) is 2.78. The average Bonchev–Trinajstić information content (AvgIpc) is 2.83. The zero-order valence-corrected chi connectivity index (χ0v) is 12.3. The van der Waals surface area contributed by atoms with E-state index in [1.54, 1.807) is 0 Å². The Hall–Kier alpha value is -2.13. The van der Waals surface area contributed by atoms with Gasteiger partial charge in [-0.05, 0) is 49.6 Å². The van der Waals surface area contributed by atoms with Gasteiger partial charge in [0.1, 0.15) is 0 Å². The number of fused-ring (bicyclic) bond motifs is 1. The lowest BCUT2D eigenvalue weighted by atomic mass is 10.0. The molecule has 1 aliphatic rings. The number of nitrogens with zero attached hydrogens (tertiary/aromatic N) is 1. The number of carbonyl (C=O) groups excluding carboxylic acids is 1. The summed E-state index contributed by atoms with van der Waals surface area (Å²) in [7, 11) is 0. The van der Waals surface area contributed by atoms with E-state index >= 15 is 0 Å². The SMILES string of the molecule is CC1Cc2ccccc2N1C(=O)c1ccccc1CCN. The molecule has 21 heavy (non-hydrogen) atoms. The van der Waals surface area contributed by atoms with Crippen LogP contribution in [0.2, 0.25) is 0 Å². The van der Waals surface area contributed by atoms with Gasteiger partial charge in [-0.3, -0.25) is 4.79 Å². The van der Waals surface area contributed by atoms with Gasteiger partial charge < -0.3 is 10.6 Å². The summed E-state index contributed by atoms with van der Waals surface area (Å²) in [6, 6.07) is 16.1. The zero-order chi connectivity index (χ0) is 14.8. The van der Waals surface area contributed by atoms with Gasteiger partial charge >= 0.3 is 0 Å². The highest BCUT2D eigenvalue weighted by atomic mass is 16.2. The van der Waals surface area contributed by atoms with Crippen LogP contribution in [0.25, 0.3) is 0 Å². The maximum absolute atomic E-state index is 13.0. The molecule has 1 heterocycles. The molecule has 3 heteroatoms. The molecule has 0 fully saturated rings. The fraction of sp³-hybridized carbons (Fsp3) is 0.278. The summed E-state index contributed by atoms with van der Waals surface area (Å²) in [6.07, 6.45) is 1.65. The Labute approximate surface area is 125 Å². The first kappa shape index (κ1) is 13.8. The van der Waals surface area contributed by atoms with Crippen LogP contribution >= 0.6 is 0 Å². The van der Waals surface area contributed by atoms with Crippen LogP contribution in [-0.4, -0.2) is 18.5 Å². The van der Waals surface area contributed by atoms with Crippen molar-refractivity contribution in [1.29, 1.82) is 0 Å². The van der Waals surface area contributed by atoms with Crippen molar-refractivity contribution in [3.05, 3.63) is 65.2 Å². The monoisotopic (exact) mass is 280 g/mol. The van der Waals surface area contributed by atoms with Crippen LogP contribution in [0.5, 0.6) is 0 Å². The van der Waals surface area contributed by atoms with Crippen molar-refractivity contribution in [2.75, 3.05) is 11.4 Å². The van der Waals surface area contributed by atoms with Crippen LogP contribution in [0.1, 0.15) is 28.4 Å². The van der Waals surface area contributed by atoms with Crippen LogP contribution in [0.15, 0.2) is 48.5 Å². The van der Waals surface area contributed by atoms with E-state index in [2.05, 4.69) is 13.0 Å². The van der Waals surface area contributed by atoms with Gasteiger partial charge in [-0.1, -0.05) is 36.4 Å². The maximum Gasteiger partial charge on any atom is 0.258 e. The summed E-state index contributed by atoms with van der Waals surface area (Å²) in [5, 5.41) is 0. The van der Waals surface area contributed by atoms with E-state index in [9.17, 15) is 4.79 Å². The Morgan fingerprint density at radius 3 is 2.71 bits per heavy atom. The standard InChI is InChI=1S/C18H20N2O/c1-13-12-15-7-3-5-9-17(15)20(13)18(21)16-8-4-2-6-14(16)10-11-19/h2-9,13H,10-12,19H2,1H3. The summed E-state index contributed by atoms with van der Waals surface area (Å²) in [6.45, 7) is 2.65. The molecule has 3 nitrogen and oxygen atoms in total. The molecule has 0 spiro atoms. The fourth-order valence-corrected chi connectivity index (χ4v) is 3.11. The molecule has 0 saturated carbocycles. The molecule has 1 unspecified atom stereocenters. The molecule has 108 valence electrons. The van der Waals surface area contributed by atoms with E-state index in [4.69, 9.17) is 5.73 Å². The van der Waals surface area contributed by atoms with Gasteiger partial charge in [0.25, 0.3) is 5.91 Å². The van der Waals surface area contributed by atoms with Crippen molar-refractivity contribution >= 4 is 11.6 Å². The quantitative estimate of drug-likeness (QED) is 0.939. The number of rotatable bonds is 3. The molecule has 0 aromatic heterocycles. The first-order valence-corrected chi connectivity index (χ1v) is 7.42. The van der Waals surface area contributed by atoms with Crippen molar-refractivity contribution in [1.82, 2.24) is 0 Å². The smallest absolute Gasteiger partial charge is 0.258 e. The van der Waals surface area contributed by atoms with E-state index < -0.39 is 0 Å². The van der Waals surface area contributed by atoms with Gasteiger partial charge in [-0.15, -0.1) is 0 Å². The van der Waals surface area contributed by atoms with Gasteiger partial charge in [0.15, 0.2) is 0 Å². The Bertz CT molecular complexity index is 666. The van der Waals surface area contributed by atoms with Crippen molar-refractivity contribution in [3.63, 3.8) is 0 Å². The van der Waals surface area contributed by atoms with Crippen molar-refractivity contribution in [2.45, 2.75) is 25.8 Å². The molecule has 0 bridgehead atoms. The first-order chi connectivity index (χ1) is 10.2. The Balaban J connectivity index is 2.00. The number of nitrogens with two attached hydrogens (primary N) is 1. The second-order valence-electron chi connectivity index (χ2n) is 5.55. The van der Waals surface area contributed by atoms with E-state index in [1.165, 1.54) is 5.56 Å². The van der Waals surface area contributed by atoms with Crippen molar-refractivity contribution < 1.29 is 4.79 Å². The molecule has 0 aliphatic carbocycles. The summed E-state index contributed by atoms with van der Waals surface area (Å²) in [5.74, 6) is 0.0801. The zero-order valence-electron chi connectivity index (χ0n) is 12.3. The lowest BCUT2D eigenvalue weighted by molar-refractivity contribution is 0.0980. The molecule has 0 saturated heterocycles. The van der Waals surface area contributed by atoms with Gasteiger partial charge in [0.2, 0.25) is 0 Å². The minimum atomic E-state index is 0.0801. The third kappa shape index (κ3) is 2.45.